The van der Waals surface area contributed by atoms with Crippen molar-refractivity contribution in [2.24, 2.45) is 15.0 Å². The van der Waals surface area contributed by atoms with Crippen molar-refractivity contribution in [1.82, 2.24) is 4.57 Å². The van der Waals surface area contributed by atoms with E-state index in [0.29, 0.717) is 6.54 Å². The Hall–Kier alpha value is -3.77. The molecule has 0 amide bonds. The molecule has 0 spiro atoms. The molecule has 5 nitrogen and oxygen atoms in total. The first-order valence-corrected chi connectivity index (χ1v) is 12.0. The molecule has 0 saturated heterocycles. The van der Waals surface area contributed by atoms with Gasteiger partial charge in [0, 0.05) is 0 Å². The average Bonchev–Trinajstić information content (AvgIpc) is 3.42. The van der Waals surface area contributed by atoms with Gasteiger partial charge in [-0.05, 0) is 52.1 Å². The third-order valence-electron chi connectivity index (χ3n) is 5.75. The van der Waals surface area contributed by atoms with Crippen LogP contribution in [0.15, 0.2) is 87.8 Å². The number of nitrogens with zero attached hydrogens (tertiary/aromatic N) is 4. The van der Waals surface area contributed by atoms with Gasteiger partial charge in [-0.25, -0.2) is 9.98 Å². The highest BCUT2D eigenvalue weighted by molar-refractivity contribution is 7.10. The highest BCUT2D eigenvalue weighted by atomic mass is 32.1. The van der Waals surface area contributed by atoms with E-state index < -0.39 is 0 Å². The molecule has 6 heteroatoms. The predicted molar refractivity (Wildman–Crippen MR) is 139 cm³/mol. The number of aliphatic imine (C=N–C) groups is 1. The highest BCUT2D eigenvalue weighted by Gasteiger charge is 2.14. The number of fused-ring (bicyclic) bond motifs is 1. The molecule has 170 valence electrons. The van der Waals surface area contributed by atoms with Crippen LogP contribution in [0.25, 0.3) is 11.8 Å². The van der Waals surface area contributed by atoms with Gasteiger partial charge in [0.2, 0.25) is 5.88 Å². The smallest absolute Gasteiger partial charge is 0.215 e. The lowest BCUT2D eigenvalue weighted by atomic mass is 9.87. The standard InChI is InChI=1S/C28H26N4OS/c1-28(2,3)21-12-9-19(10-13-21)17-29-27-32(22-7-5-4-6-8-22)26(33)25(34-27)16-20-11-14-23-24(15-20)31-18-30-23/h4-16,18,33H,17H2,1-3H3/b20-16+,29-27?. The Kier molecular flexibility index (Phi) is 5.75. The van der Waals surface area contributed by atoms with Crippen LogP contribution in [0.3, 0.4) is 0 Å². The molecule has 0 radical (unpaired) electrons. The molecule has 1 aromatic heterocycles. The lowest BCUT2D eigenvalue weighted by Gasteiger charge is -2.18. The van der Waals surface area contributed by atoms with Crippen molar-refractivity contribution in [3.05, 3.63) is 104 Å². The summed E-state index contributed by atoms with van der Waals surface area (Å²) >= 11 is 1.46. The molecule has 1 aliphatic heterocycles. The summed E-state index contributed by atoms with van der Waals surface area (Å²) in [5.41, 5.74) is 4.26. The summed E-state index contributed by atoms with van der Waals surface area (Å²) in [6.45, 7) is 7.17. The van der Waals surface area contributed by atoms with Crippen molar-refractivity contribution in [3.8, 4) is 11.6 Å². The molecule has 4 aromatic rings. The van der Waals surface area contributed by atoms with Gasteiger partial charge in [-0.2, -0.15) is 0 Å². The lowest BCUT2D eigenvalue weighted by molar-refractivity contribution is 0.439. The molecule has 0 unspecified atom stereocenters. The number of thiazole rings is 1. The first kappa shape index (κ1) is 22.0. The molecule has 0 bridgehead atoms. The van der Waals surface area contributed by atoms with Gasteiger partial charge >= 0.3 is 0 Å². The summed E-state index contributed by atoms with van der Waals surface area (Å²) in [6.07, 6.45) is 3.52. The van der Waals surface area contributed by atoms with Crippen LogP contribution >= 0.6 is 11.3 Å². The number of benzene rings is 3. The van der Waals surface area contributed by atoms with Gasteiger partial charge in [0.15, 0.2) is 4.80 Å². The number of hydrogen-bond donors (Lipinski definition) is 1. The molecule has 3 aromatic carbocycles. The summed E-state index contributed by atoms with van der Waals surface area (Å²) in [5.74, 6) is 0.173. The zero-order valence-electron chi connectivity index (χ0n) is 19.4. The fourth-order valence-electron chi connectivity index (χ4n) is 3.81. The van der Waals surface area contributed by atoms with Crippen LogP contribution in [0.2, 0.25) is 0 Å². The van der Waals surface area contributed by atoms with Crippen molar-refractivity contribution in [1.29, 1.82) is 0 Å². The Balaban J connectivity index is 1.57. The molecular weight excluding hydrogens is 440 g/mol. The molecule has 34 heavy (non-hydrogen) atoms. The monoisotopic (exact) mass is 466 g/mol. The molecule has 1 aliphatic rings. The topological polar surface area (TPSA) is 62.2 Å². The fourth-order valence-corrected chi connectivity index (χ4v) is 4.80. The van der Waals surface area contributed by atoms with Crippen LogP contribution in [-0.2, 0) is 12.0 Å². The molecule has 2 heterocycles. The van der Waals surface area contributed by atoms with Gasteiger partial charge < -0.3 is 5.11 Å². The van der Waals surface area contributed by atoms with E-state index in [0.717, 1.165) is 37.2 Å². The van der Waals surface area contributed by atoms with Gasteiger partial charge in [-0.15, -0.1) is 0 Å². The van der Waals surface area contributed by atoms with E-state index in [2.05, 4.69) is 55.0 Å². The van der Waals surface area contributed by atoms with Crippen LogP contribution in [-0.4, -0.2) is 16.0 Å². The molecule has 0 aliphatic carbocycles. The average molecular weight is 467 g/mol. The third kappa shape index (κ3) is 4.50. The van der Waals surface area contributed by atoms with Gasteiger partial charge in [0.25, 0.3) is 0 Å². The van der Waals surface area contributed by atoms with Crippen molar-refractivity contribution < 1.29 is 5.11 Å². The fraction of sp³-hybridized carbons (Fsp3) is 0.179. The second kappa shape index (κ2) is 8.88. The molecule has 0 saturated carbocycles. The maximum Gasteiger partial charge on any atom is 0.215 e. The Morgan fingerprint density at radius 2 is 1.76 bits per heavy atom. The Morgan fingerprint density at radius 3 is 2.50 bits per heavy atom. The highest BCUT2D eigenvalue weighted by Crippen LogP contribution is 2.25. The van der Waals surface area contributed by atoms with Crippen molar-refractivity contribution in [2.45, 2.75) is 32.7 Å². The van der Waals surface area contributed by atoms with Crippen molar-refractivity contribution in [2.75, 3.05) is 0 Å². The van der Waals surface area contributed by atoms with E-state index in [1.165, 1.54) is 16.9 Å². The van der Waals surface area contributed by atoms with E-state index in [1.54, 1.807) is 10.9 Å². The molecular formula is C28H26N4OS. The Morgan fingerprint density at radius 1 is 1.00 bits per heavy atom. The van der Waals surface area contributed by atoms with Gasteiger partial charge in [0.05, 0.1) is 28.2 Å². The van der Waals surface area contributed by atoms with Crippen molar-refractivity contribution in [3.63, 3.8) is 0 Å². The number of hydrogen-bond acceptors (Lipinski definition) is 5. The minimum absolute atomic E-state index is 0.118. The van der Waals surface area contributed by atoms with Crippen LogP contribution in [0.4, 0.5) is 5.69 Å². The second-order valence-corrected chi connectivity index (χ2v) is 10.3. The zero-order chi connectivity index (χ0) is 23.7. The summed E-state index contributed by atoms with van der Waals surface area (Å²) < 4.78 is 1.81. The SMILES string of the molecule is CC(C)(C)c1ccc(CN=c2sc(/C=c3\ccc4c(c3)N=CN=4)c(O)n2-c2ccccc2)cc1. The summed E-state index contributed by atoms with van der Waals surface area (Å²) in [6, 6.07) is 24.3. The third-order valence-corrected chi connectivity index (χ3v) is 6.76. The molecule has 1 N–H and O–H groups in total. The van der Waals surface area contributed by atoms with E-state index in [9.17, 15) is 5.11 Å². The summed E-state index contributed by atoms with van der Waals surface area (Å²) in [7, 11) is 0. The molecule has 0 atom stereocenters. The number of aromatic hydroxyl groups is 1. The van der Waals surface area contributed by atoms with Gasteiger partial charge in [-0.1, -0.05) is 80.6 Å². The van der Waals surface area contributed by atoms with Gasteiger partial charge in [0.1, 0.15) is 6.34 Å². The maximum absolute atomic E-state index is 11.2. The largest absolute Gasteiger partial charge is 0.493 e. The minimum Gasteiger partial charge on any atom is -0.493 e. The summed E-state index contributed by atoms with van der Waals surface area (Å²) in [5, 5.41) is 13.0. The maximum atomic E-state index is 11.2. The van der Waals surface area contributed by atoms with Crippen LogP contribution in [0, 0.1) is 0 Å². The first-order chi connectivity index (χ1) is 16.4. The van der Waals surface area contributed by atoms with Crippen LogP contribution < -0.4 is 15.4 Å². The summed E-state index contributed by atoms with van der Waals surface area (Å²) in [4.78, 5) is 14.9. The van der Waals surface area contributed by atoms with Crippen molar-refractivity contribution >= 4 is 29.4 Å². The lowest BCUT2D eigenvalue weighted by Crippen LogP contribution is -2.13. The van der Waals surface area contributed by atoms with E-state index in [4.69, 9.17) is 4.99 Å². The number of rotatable bonds is 4. The molecule has 5 rings (SSSR count). The second-order valence-electron chi connectivity index (χ2n) is 9.27. The van der Waals surface area contributed by atoms with E-state index in [1.807, 2.05) is 54.6 Å². The van der Waals surface area contributed by atoms with Crippen LogP contribution in [0.5, 0.6) is 5.88 Å². The normalized spacial score (nSPS) is 13.9. The minimum atomic E-state index is 0.118. The van der Waals surface area contributed by atoms with Crippen LogP contribution in [0.1, 0.15) is 36.8 Å². The van der Waals surface area contributed by atoms with Gasteiger partial charge in [-0.3, -0.25) is 9.56 Å². The Labute approximate surface area is 202 Å². The quantitative estimate of drug-likeness (QED) is 0.463. The van der Waals surface area contributed by atoms with E-state index in [-0.39, 0.29) is 11.3 Å². The van der Waals surface area contributed by atoms with E-state index >= 15 is 0 Å². The first-order valence-electron chi connectivity index (χ1n) is 11.2. The number of aromatic nitrogens is 1. The predicted octanol–water partition coefficient (Wildman–Crippen LogP) is 4.76. The Bertz CT molecular complexity index is 1550. The number of para-hydroxylation sites is 1. The molecule has 0 fully saturated rings. The zero-order valence-corrected chi connectivity index (χ0v) is 20.3.